The number of alkyl halides is 2. The van der Waals surface area contributed by atoms with Crippen molar-refractivity contribution in [3.05, 3.63) is 40.6 Å². The molecule has 0 amide bonds. The Bertz CT molecular complexity index is 621. The summed E-state index contributed by atoms with van der Waals surface area (Å²) >= 11 is 1.47. The summed E-state index contributed by atoms with van der Waals surface area (Å²) in [6, 6.07) is 3.69. The SMILES string of the molecule is O=S(=O)(CCc1cccs1)Cc1nccn1C(F)F. The van der Waals surface area contributed by atoms with Gasteiger partial charge in [-0.25, -0.2) is 13.4 Å². The second kappa shape index (κ2) is 5.79. The van der Waals surface area contributed by atoms with E-state index in [-0.39, 0.29) is 11.6 Å². The summed E-state index contributed by atoms with van der Waals surface area (Å²) in [6.45, 7) is -2.77. The Morgan fingerprint density at radius 2 is 2.21 bits per heavy atom. The van der Waals surface area contributed by atoms with E-state index in [4.69, 9.17) is 0 Å². The summed E-state index contributed by atoms with van der Waals surface area (Å²) in [4.78, 5) is 4.63. The number of aromatic nitrogens is 2. The number of rotatable bonds is 6. The molecule has 0 fully saturated rings. The van der Waals surface area contributed by atoms with Gasteiger partial charge in [-0.05, 0) is 17.9 Å². The standard InChI is InChI=1S/C11H12F2N2O2S2/c12-11(13)15-5-4-14-10(15)8-19(16,17)7-3-9-2-1-6-18-9/h1-2,4-6,11H,3,7-8H2. The molecule has 2 rings (SSSR count). The summed E-state index contributed by atoms with van der Waals surface area (Å²) in [5.41, 5.74) is 0. The average molecular weight is 306 g/mol. The number of sulfone groups is 1. The smallest absolute Gasteiger partial charge is 0.277 e. The molecule has 0 aromatic carbocycles. The molecule has 0 atom stereocenters. The van der Waals surface area contributed by atoms with Crippen LogP contribution in [0.5, 0.6) is 0 Å². The largest absolute Gasteiger partial charge is 0.319 e. The van der Waals surface area contributed by atoms with Gasteiger partial charge in [0.25, 0.3) is 0 Å². The van der Waals surface area contributed by atoms with Crippen LogP contribution >= 0.6 is 11.3 Å². The summed E-state index contributed by atoms with van der Waals surface area (Å²) in [7, 11) is -3.45. The first kappa shape index (κ1) is 14.1. The van der Waals surface area contributed by atoms with E-state index in [1.54, 1.807) is 0 Å². The molecule has 2 heterocycles. The van der Waals surface area contributed by atoms with E-state index >= 15 is 0 Å². The van der Waals surface area contributed by atoms with Crippen molar-refractivity contribution in [1.29, 1.82) is 0 Å². The molecule has 4 nitrogen and oxygen atoms in total. The second-order valence-corrected chi connectivity index (χ2v) is 7.17. The number of halogens is 2. The molecular formula is C11H12F2N2O2S2. The third-order valence-electron chi connectivity index (χ3n) is 2.55. The van der Waals surface area contributed by atoms with Gasteiger partial charge in [0.15, 0.2) is 9.84 Å². The van der Waals surface area contributed by atoms with Crippen LogP contribution in [-0.4, -0.2) is 23.7 Å². The van der Waals surface area contributed by atoms with Crippen LogP contribution < -0.4 is 0 Å². The zero-order chi connectivity index (χ0) is 13.9. The summed E-state index contributed by atoms with van der Waals surface area (Å²) < 4.78 is 49.5. The van der Waals surface area contributed by atoms with Crippen molar-refractivity contribution in [3.63, 3.8) is 0 Å². The average Bonchev–Trinajstić information content (AvgIpc) is 2.95. The van der Waals surface area contributed by atoms with Crippen LogP contribution in [0, 0.1) is 0 Å². The van der Waals surface area contributed by atoms with Crippen molar-refractivity contribution in [2.24, 2.45) is 0 Å². The lowest BCUT2D eigenvalue weighted by Crippen LogP contribution is -2.15. The minimum atomic E-state index is -3.45. The Balaban J connectivity index is 2.02. The van der Waals surface area contributed by atoms with Crippen molar-refractivity contribution in [2.75, 3.05) is 5.75 Å². The van der Waals surface area contributed by atoms with Crippen LogP contribution in [0.15, 0.2) is 29.9 Å². The molecule has 0 spiro atoms. The van der Waals surface area contributed by atoms with Gasteiger partial charge < -0.3 is 0 Å². The predicted molar refractivity (Wildman–Crippen MR) is 69.0 cm³/mol. The highest BCUT2D eigenvalue weighted by Gasteiger charge is 2.19. The lowest BCUT2D eigenvalue weighted by atomic mass is 10.4. The molecular weight excluding hydrogens is 294 g/mol. The Kier molecular flexibility index (Phi) is 4.31. The maximum Gasteiger partial charge on any atom is 0.319 e. The molecule has 0 bridgehead atoms. The van der Waals surface area contributed by atoms with E-state index in [1.165, 1.54) is 17.5 Å². The van der Waals surface area contributed by atoms with Gasteiger partial charge >= 0.3 is 6.55 Å². The molecule has 8 heteroatoms. The van der Waals surface area contributed by atoms with Crippen LogP contribution in [0.4, 0.5) is 8.78 Å². The van der Waals surface area contributed by atoms with Crippen LogP contribution in [-0.2, 0) is 22.0 Å². The topological polar surface area (TPSA) is 52.0 Å². The molecule has 2 aromatic rings. The Morgan fingerprint density at radius 1 is 1.42 bits per heavy atom. The fourth-order valence-electron chi connectivity index (χ4n) is 1.61. The fourth-order valence-corrected chi connectivity index (χ4v) is 3.74. The van der Waals surface area contributed by atoms with Gasteiger partial charge in [-0.15, -0.1) is 11.3 Å². The zero-order valence-electron chi connectivity index (χ0n) is 9.87. The normalized spacial score (nSPS) is 12.2. The van der Waals surface area contributed by atoms with Gasteiger partial charge in [0.2, 0.25) is 0 Å². The van der Waals surface area contributed by atoms with E-state index in [0.29, 0.717) is 11.0 Å². The van der Waals surface area contributed by atoms with Crippen molar-refractivity contribution >= 4 is 21.2 Å². The minimum Gasteiger partial charge on any atom is -0.277 e. The highest BCUT2D eigenvalue weighted by atomic mass is 32.2. The molecule has 0 unspecified atom stereocenters. The zero-order valence-corrected chi connectivity index (χ0v) is 11.5. The van der Waals surface area contributed by atoms with Gasteiger partial charge in [-0.2, -0.15) is 8.78 Å². The minimum absolute atomic E-state index is 0.0659. The van der Waals surface area contributed by atoms with Gasteiger partial charge in [0.1, 0.15) is 11.6 Å². The number of hydrogen-bond acceptors (Lipinski definition) is 4. The number of thiophene rings is 1. The van der Waals surface area contributed by atoms with Crippen molar-refractivity contribution < 1.29 is 17.2 Å². The van der Waals surface area contributed by atoms with Crippen molar-refractivity contribution in [2.45, 2.75) is 18.7 Å². The lowest BCUT2D eigenvalue weighted by molar-refractivity contribution is 0.0677. The molecule has 2 aromatic heterocycles. The molecule has 0 aliphatic heterocycles. The molecule has 0 radical (unpaired) electrons. The summed E-state index contributed by atoms with van der Waals surface area (Å²) in [5.74, 6) is -0.652. The molecule has 19 heavy (non-hydrogen) atoms. The van der Waals surface area contributed by atoms with Crippen LogP contribution in [0.25, 0.3) is 0 Å². The molecule has 0 saturated carbocycles. The first-order valence-electron chi connectivity index (χ1n) is 5.50. The number of nitrogens with zero attached hydrogens (tertiary/aromatic N) is 2. The Hall–Kier alpha value is -1.28. The van der Waals surface area contributed by atoms with E-state index in [2.05, 4.69) is 4.98 Å². The van der Waals surface area contributed by atoms with E-state index < -0.39 is 22.1 Å². The highest BCUT2D eigenvalue weighted by Crippen LogP contribution is 2.16. The molecule has 0 saturated heterocycles. The van der Waals surface area contributed by atoms with Crippen molar-refractivity contribution in [3.8, 4) is 0 Å². The predicted octanol–water partition coefficient (Wildman–Crippen LogP) is 2.50. The number of imidazole rings is 1. The molecule has 0 N–H and O–H groups in total. The van der Waals surface area contributed by atoms with Crippen LogP contribution in [0.1, 0.15) is 17.3 Å². The van der Waals surface area contributed by atoms with Gasteiger partial charge in [-0.3, -0.25) is 4.57 Å². The lowest BCUT2D eigenvalue weighted by Gasteiger charge is -2.07. The third-order valence-corrected chi connectivity index (χ3v) is 5.01. The number of hydrogen-bond donors (Lipinski definition) is 0. The van der Waals surface area contributed by atoms with Crippen LogP contribution in [0.3, 0.4) is 0 Å². The quantitative estimate of drug-likeness (QED) is 0.824. The first-order chi connectivity index (χ1) is 8.98. The number of aryl methyl sites for hydroxylation is 1. The third kappa shape index (κ3) is 3.84. The molecule has 0 aliphatic carbocycles. The molecule has 104 valence electrons. The van der Waals surface area contributed by atoms with Crippen molar-refractivity contribution in [1.82, 2.24) is 9.55 Å². The van der Waals surface area contributed by atoms with Gasteiger partial charge in [-0.1, -0.05) is 6.07 Å². The Morgan fingerprint density at radius 3 is 2.84 bits per heavy atom. The maximum atomic E-state index is 12.6. The monoisotopic (exact) mass is 306 g/mol. The molecule has 0 aliphatic rings. The first-order valence-corrected chi connectivity index (χ1v) is 8.21. The van der Waals surface area contributed by atoms with E-state index in [1.807, 2.05) is 17.5 Å². The van der Waals surface area contributed by atoms with Gasteiger partial charge in [0, 0.05) is 17.3 Å². The fraction of sp³-hybridized carbons (Fsp3) is 0.364. The van der Waals surface area contributed by atoms with Crippen LogP contribution in [0.2, 0.25) is 0 Å². The summed E-state index contributed by atoms with van der Waals surface area (Å²) in [5, 5.41) is 1.87. The second-order valence-electron chi connectivity index (χ2n) is 3.95. The summed E-state index contributed by atoms with van der Waals surface area (Å²) in [6.07, 6.45) is 2.65. The highest BCUT2D eigenvalue weighted by molar-refractivity contribution is 7.90. The van der Waals surface area contributed by atoms with Gasteiger partial charge in [0.05, 0.1) is 5.75 Å². The Labute approximate surface area is 113 Å². The van der Waals surface area contributed by atoms with E-state index in [0.717, 1.165) is 11.1 Å². The van der Waals surface area contributed by atoms with E-state index in [9.17, 15) is 17.2 Å². The maximum absolute atomic E-state index is 12.6.